The van der Waals surface area contributed by atoms with E-state index in [0.29, 0.717) is 28.4 Å². The molecule has 0 unspecified atom stereocenters. The summed E-state index contributed by atoms with van der Waals surface area (Å²) >= 11 is 0. The molecule has 0 bridgehead atoms. The summed E-state index contributed by atoms with van der Waals surface area (Å²) in [6, 6.07) is 17.5. The molecular weight excluding hydrogens is 453 g/mol. The summed E-state index contributed by atoms with van der Waals surface area (Å²) in [6.07, 6.45) is -0.269. The molecule has 3 aromatic carbocycles. The first kappa shape index (κ1) is 23.7. The molecule has 0 aromatic heterocycles. The van der Waals surface area contributed by atoms with Crippen molar-refractivity contribution in [3.05, 3.63) is 84.2 Å². The Hall–Kier alpha value is -4.40. The molecule has 1 saturated heterocycles. The van der Waals surface area contributed by atoms with Gasteiger partial charge in [-0.15, -0.1) is 0 Å². The number of methoxy groups -OCH3 is 2. The maximum atomic E-state index is 13.4. The summed E-state index contributed by atoms with van der Waals surface area (Å²) in [5.74, 6) is -0.416. The Labute approximate surface area is 201 Å². The maximum Gasteiger partial charge on any atom is 0.332 e. The van der Waals surface area contributed by atoms with Crippen LogP contribution in [0.15, 0.2) is 72.8 Å². The Kier molecular flexibility index (Phi) is 6.96. The zero-order valence-corrected chi connectivity index (χ0v) is 19.2. The number of urea groups is 1. The fraction of sp³-hybridized carbons (Fsp3) is 0.192. The van der Waals surface area contributed by atoms with Gasteiger partial charge in [0.05, 0.1) is 26.3 Å². The third kappa shape index (κ3) is 5.24. The quantitative estimate of drug-likeness (QED) is 0.491. The second-order valence-electron chi connectivity index (χ2n) is 7.92. The second kappa shape index (κ2) is 10.3. The van der Waals surface area contributed by atoms with E-state index in [1.807, 2.05) is 0 Å². The van der Waals surface area contributed by atoms with Crippen LogP contribution in [0.2, 0.25) is 0 Å². The van der Waals surface area contributed by atoms with Crippen LogP contribution in [0.4, 0.5) is 20.6 Å². The summed E-state index contributed by atoms with van der Waals surface area (Å²) in [7, 11) is 2.99. The van der Waals surface area contributed by atoms with E-state index in [-0.39, 0.29) is 13.0 Å². The number of anilines is 2. The van der Waals surface area contributed by atoms with E-state index in [4.69, 9.17) is 9.47 Å². The first-order valence-corrected chi connectivity index (χ1v) is 10.9. The van der Waals surface area contributed by atoms with Crippen LogP contribution in [0.5, 0.6) is 11.5 Å². The molecule has 8 nitrogen and oxygen atoms in total. The van der Waals surface area contributed by atoms with Crippen LogP contribution in [0.25, 0.3) is 0 Å². The number of carbonyl (C=O) groups is 3. The predicted octanol–water partition coefficient (Wildman–Crippen LogP) is 4.21. The van der Waals surface area contributed by atoms with Gasteiger partial charge in [0, 0.05) is 30.4 Å². The Morgan fingerprint density at radius 3 is 2.17 bits per heavy atom. The van der Waals surface area contributed by atoms with E-state index in [0.717, 1.165) is 4.90 Å². The summed E-state index contributed by atoms with van der Waals surface area (Å²) in [5.41, 5.74) is 1.46. The second-order valence-corrected chi connectivity index (χ2v) is 7.92. The molecular formula is C26H24FN3O5. The van der Waals surface area contributed by atoms with Crippen molar-refractivity contribution in [2.24, 2.45) is 0 Å². The fourth-order valence-corrected chi connectivity index (χ4v) is 3.88. The molecule has 9 heteroatoms. The van der Waals surface area contributed by atoms with Gasteiger partial charge in [0.1, 0.15) is 23.4 Å². The summed E-state index contributed by atoms with van der Waals surface area (Å²) < 4.78 is 23.8. The van der Waals surface area contributed by atoms with Crippen LogP contribution >= 0.6 is 0 Å². The summed E-state index contributed by atoms with van der Waals surface area (Å²) in [6.45, 7) is 0.0408. The highest BCUT2D eigenvalue weighted by Crippen LogP contribution is 2.30. The van der Waals surface area contributed by atoms with E-state index < -0.39 is 29.7 Å². The molecule has 180 valence electrons. The van der Waals surface area contributed by atoms with E-state index in [1.165, 1.54) is 43.4 Å². The number of benzene rings is 3. The molecule has 1 N–H and O–H groups in total. The SMILES string of the molecule is COc1cc(NC(=O)C[C@H]2C(=O)N(c3ccccc3)C(=O)N2Cc2ccc(F)cc2)cc(OC)c1. The molecule has 4 rings (SSSR count). The highest BCUT2D eigenvalue weighted by Gasteiger charge is 2.46. The van der Waals surface area contributed by atoms with Crippen molar-refractivity contribution in [3.8, 4) is 11.5 Å². The van der Waals surface area contributed by atoms with Crippen molar-refractivity contribution >= 4 is 29.2 Å². The van der Waals surface area contributed by atoms with Gasteiger partial charge in [-0.05, 0) is 29.8 Å². The van der Waals surface area contributed by atoms with Crippen molar-refractivity contribution in [2.75, 3.05) is 24.4 Å². The Morgan fingerprint density at radius 1 is 0.943 bits per heavy atom. The number of rotatable bonds is 8. The Morgan fingerprint density at radius 2 is 1.57 bits per heavy atom. The normalized spacial score (nSPS) is 15.3. The third-order valence-corrected chi connectivity index (χ3v) is 5.61. The molecule has 4 amide bonds. The monoisotopic (exact) mass is 477 g/mol. The highest BCUT2D eigenvalue weighted by atomic mass is 19.1. The number of ether oxygens (including phenoxy) is 2. The van der Waals surface area contributed by atoms with Crippen molar-refractivity contribution in [2.45, 2.75) is 19.0 Å². The van der Waals surface area contributed by atoms with Gasteiger partial charge in [0.15, 0.2) is 0 Å². The largest absolute Gasteiger partial charge is 0.497 e. The lowest BCUT2D eigenvalue weighted by Crippen LogP contribution is -2.37. The number of para-hydroxylation sites is 1. The van der Waals surface area contributed by atoms with Crippen molar-refractivity contribution in [3.63, 3.8) is 0 Å². The molecule has 0 aliphatic carbocycles. The lowest BCUT2D eigenvalue weighted by molar-refractivity contribution is -0.124. The average Bonchev–Trinajstić information content (AvgIpc) is 3.09. The summed E-state index contributed by atoms with van der Waals surface area (Å²) in [5, 5.41) is 2.74. The van der Waals surface area contributed by atoms with Crippen LogP contribution in [0, 0.1) is 5.82 Å². The third-order valence-electron chi connectivity index (χ3n) is 5.61. The summed E-state index contributed by atoms with van der Waals surface area (Å²) in [4.78, 5) is 42.0. The van der Waals surface area contributed by atoms with E-state index in [1.54, 1.807) is 48.5 Å². The number of hydrogen-bond acceptors (Lipinski definition) is 5. The van der Waals surface area contributed by atoms with Crippen LogP contribution in [-0.4, -0.2) is 43.0 Å². The van der Waals surface area contributed by atoms with Gasteiger partial charge in [-0.3, -0.25) is 9.59 Å². The number of halogens is 1. The van der Waals surface area contributed by atoms with Crippen molar-refractivity contribution < 1.29 is 28.2 Å². The zero-order valence-electron chi connectivity index (χ0n) is 19.2. The Bertz CT molecular complexity index is 1210. The first-order valence-electron chi connectivity index (χ1n) is 10.9. The van der Waals surface area contributed by atoms with Gasteiger partial charge in [-0.1, -0.05) is 30.3 Å². The minimum atomic E-state index is -1.04. The van der Waals surface area contributed by atoms with E-state index >= 15 is 0 Å². The van der Waals surface area contributed by atoms with Gasteiger partial charge in [-0.2, -0.15) is 0 Å². The molecule has 3 aromatic rings. The Balaban J connectivity index is 1.59. The van der Waals surface area contributed by atoms with Crippen LogP contribution in [0.3, 0.4) is 0 Å². The van der Waals surface area contributed by atoms with E-state index in [9.17, 15) is 18.8 Å². The van der Waals surface area contributed by atoms with E-state index in [2.05, 4.69) is 5.32 Å². The smallest absolute Gasteiger partial charge is 0.332 e. The lowest BCUT2D eigenvalue weighted by Gasteiger charge is -2.22. The number of hydrogen-bond donors (Lipinski definition) is 1. The van der Waals surface area contributed by atoms with Crippen LogP contribution < -0.4 is 19.7 Å². The molecule has 1 heterocycles. The number of carbonyl (C=O) groups excluding carboxylic acids is 3. The lowest BCUT2D eigenvalue weighted by atomic mass is 10.1. The number of amides is 4. The van der Waals surface area contributed by atoms with Gasteiger partial charge in [-0.25, -0.2) is 14.1 Å². The predicted molar refractivity (Wildman–Crippen MR) is 128 cm³/mol. The van der Waals surface area contributed by atoms with Gasteiger partial charge >= 0.3 is 6.03 Å². The molecule has 1 atom stereocenters. The molecule has 1 aliphatic rings. The fourth-order valence-electron chi connectivity index (χ4n) is 3.88. The number of imide groups is 1. The maximum absolute atomic E-state index is 13.4. The molecule has 0 saturated carbocycles. The van der Waals surface area contributed by atoms with Gasteiger partial charge in [0.25, 0.3) is 5.91 Å². The standard InChI is InChI=1S/C26H24FN3O5/c1-34-21-12-19(13-22(14-21)35-2)28-24(31)15-23-25(32)30(20-6-4-3-5-7-20)26(33)29(23)16-17-8-10-18(27)11-9-17/h3-14,23H,15-16H2,1-2H3,(H,28,31)/t23-/m0/s1. The minimum Gasteiger partial charge on any atom is -0.497 e. The highest BCUT2D eigenvalue weighted by molar-refractivity contribution is 6.22. The number of nitrogens with one attached hydrogen (secondary N) is 1. The van der Waals surface area contributed by atoms with Crippen molar-refractivity contribution in [1.29, 1.82) is 0 Å². The van der Waals surface area contributed by atoms with Gasteiger partial charge in [0.2, 0.25) is 5.91 Å². The van der Waals surface area contributed by atoms with Gasteiger partial charge < -0.3 is 19.7 Å². The molecule has 0 radical (unpaired) electrons. The number of nitrogens with zero attached hydrogens (tertiary/aromatic N) is 2. The average molecular weight is 477 g/mol. The van der Waals surface area contributed by atoms with Crippen LogP contribution in [-0.2, 0) is 16.1 Å². The molecule has 1 aliphatic heterocycles. The minimum absolute atomic E-state index is 0.0408. The topological polar surface area (TPSA) is 88.2 Å². The van der Waals surface area contributed by atoms with Crippen molar-refractivity contribution in [1.82, 2.24) is 4.90 Å². The van der Waals surface area contributed by atoms with Crippen LogP contribution in [0.1, 0.15) is 12.0 Å². The molecule has 1 fully saturated rings. The first-order chi connectivity index (χ1) is 16.9. The molecule has 0 spiro atoms. The molecule has 35 heavy (non-hydrogen) atoms. The zero-order chi connectivity index (χ0) is 24.9.